The summed E-state index contributed by atoms with van der Waals surface area (Å²) in [6.45, 7) is 0.360. The van der Waals surface area contributed by atoms with Crippen molar-refractivity contribution < 1.29 is 4.39 Å². The van der Waals surface area contributed by atoms with Crippen molar-refractivity contribution in [1.82, 2.24) is 14.8 Å². The summed E-state index contributed by atoms with van der Waals surface area (Å²) in [4.78, 5) is 3.97. The molecule has 0 bridgehead atoms. The zero-order valence-electron chi connectivity index (χ0n) is 8.20. The lowest BCUT2D eigenvalue weighted by Crippen LogP contribution is -2.06. The Balaban J connectivity index is 2.30. The number of nitrogens with zero attached hydrogens (tertiary/aromatic N) is 3. The van der Waals surface area contributed by atoms with E-state index < -0.39 is 0 Å². The zero-order valence-corrected chi connectivity index (χ0v) is 9.71. The Labute approximate surface area is 102 Å². The third-order valence-electron chi connectivity index (χ3n) is 2.14. The van der Waals surface area contributed by atoms with E-state index in [2.05, 4.69) is 10.1 Å². The van der Waals surface area contributed by atoms with E-state index in [0.717, 1.165) is 0 Å². The molecule has 0 saturated heterocycles. The summed E-state index contributed by atoms with van der Waals surface area (Å²) in [6.07, 6.45) is 1.41. The highest BCUT2D eigenvalue weighted by Crippen LogP contribution is 2.18. The lowest BCUT2D eigenvalue weighted by atomic mass is 10.2. The minimum Gasteiger partial charge on any atom is -0.244 e. The molecule has 0 aliphatic rings. The van der Waals surface area contributed by atoms with E-state index >= 15 is 0 Å². The fourth-order valence-corrected chi connectivity index (χ4v) is 1.73. The van der Waals surface area contributed by atoms with Gasteiger partial charge in [-0.1, -0.05) is 11.6 Å². The summed E-state index contributed by atoms with van der Waals surface area (Å²) in [5, 5.41) is 4.49. The number of halogens is 3. The fraction of sp³-hybridized carbons (Fsp3) is 0.200. The number of alkyl halides is 1. The van der Waals surface area contributed by atoms with Crippen molar-refractivity contribution in [2.45, 2.75) is 12.4 Å². The topological polar surface area (TPSA) is 30.7 Å². The van der Waals surface area contributed by atoms with Crippen molar-refractivity contribution in [3.8, 4) is 0 Å². The number of hydrogen-bond donors (Lipinski definition) is 0. The van der Waals surface area contributed by atoms with Gasteiger partial charge in [0.25, 0.3) is 0 Å². The molecule has 0 unspecified atom stereocenters. The largest absolute Gasteiger partial charge is 0.244 e. The first-order valence-electron chi connectivity index (χ1n) is 4.57. The molecule has 0 N–H and O–H groups in total. The molecule has 6 heteroatoms. The quantitative estimate of drug-likeness (QED) is 0.794. The lowest BCUT2D eigenvalue weighted by molar-refractivity contribution is 0.615. The van der Waals surface area contributed by atoms with Gasteiger partial charge < -0.3 is 0 Å². The Bertz CT molecular complexity index is 499. The van der Waals surface area contributed by atoms with E-state index in [1.54, 1.807) is 4.68 Å². The average molecular weight is 260 g/mol. The summed E-state index contributed by atoms with van der Waals surface area (Å²) in [7, 11) is 0. The van der Waals surface area contributed by atoms with Crippen LogP contribution in [0.3, 0.4) is 0 Å². The Morgan fingerprint density at radius 2 is 2.19 bits per heavy atom. The average Bonchev–Trinajstić information content (AvgIpc) is 2.71. The second kappa shape index (κ2) is 4.80. The van der Waals surface area contributed by atoms with E-state index in [9.17, 15) is 4.39 Å². The van der Waals surface area contributed by atoms with Gasteiger partial charge in [0.15, 0.2) is 0 Å². The molecule has 0 spiro atoms. The normalized spacial score (nSPS) is 10.7. The molecule has 0 radical (unpaired) electrons. The van der Waals surface area contributed by atoms with Crippen molar-refractivity contribution in [2.75, 3.05) is 0 Å². The second-order valence-electron chi connectivity index (χ2n) is 3.20. The van der Waals surface area contributed by atoms with Crippen LogP contribution in [0.25, 0.3) is 0 Å². The highest BCUT2D eigenvalue weighted by Gasteiger charge is 2.07. The monoisotopic (exact) mass is 259 g/mol. The molecular weight excluding hydrogens is 252 g/mol. The van der Waals surface area contributed by atoms with Gasteiger partial charge in [-0.25, -0.2) is 14.1 Å². The zero-order chi connectivity index (χ0) is 11.5. The Hall–Kier alpha value is -1.13. The Morgan fingerprint density at radius 1 is 1.38 bits per heavy atom. The first-order valence-corrected chi connectivity index (χ1v) is 5.48. The summed E-state index contributed by atoms with van der Waals surface area (Å²) in [6, 6.07) is 4.21. The Morgan fingerprint density at radius 3 is 2.94 bits per heavy atom. The van der Waals surface area contributed by atoms with E-state index in [1.165, 1.54) is 24.5 Å². The van der Waals surface area contributed by atoms with Crippen molar-refractivity contribution in [1.29, 1.82) is 0 Å². The number of rotatable bonds is 3. The maximum absolute atomic E-state index is 13.0. The van der Waals surface area contributed by atoms with Gasteiger partial charge in [0, 0.05) is 5.02 Å². The summed E-state index contributed by atoms with van der Waals surface area (Å²) in [5.74, 6) is 0.557. The van der Waals surface area contributed by atoms with Gasteiger partial charge in [-0.3, -0.25) is 0 Å². The molecule has 1 heterocycles. The smallest absolute Gasteiger partial charge is 0.142 e. The highest BCUT2D eigenvalue weighted by molar-refractivity contribution is 6.31. The SMILES string of the molecule is Fc1ccc(Cl)c(Cn2ncnc2CCl)c1. The summed E-state index contributed by atoms with van der Waals surface area (Å²) < 4.78 is 14.6. The van der Waals surface area contributed by atoms with Gasteiger partial charge >= 0.3 is 0 Å². The van der Waals surface area contributed by atoms with Gasteiger partial charge in [-0.05, 0) is 23.8 Å². The van der Waals surface area contributed by atoms with Gasteiger partial charge in [-0.2, -0.15) is 5.10 Å². The van der Waals surface area contributed by atoms with Crippen molar-refractivity contribution in [3.63, 3.8) is 0 Å². The van der Waals surface area contributed by atoms with Crippen LogP contribution in [-0.4, -0.2) is 14.8 Å². The molecule has 0 aliphatic heterocycles. The van der Waals surface area contributed by atoms with Crippen LogP contribution in [0.4, 0.5) is 4.39 Å². The van der Waals surface area contributed by atoms with Crippen molar-refractivity contribution in [3.05, 3.63) is 46.8 Å². The molecule has 0 atom stereocenters. The summed E-state index contributed by atoms with van der Waals surface area (Å²) >= 11 is 11.6. The molecule has 2 rings (SSSR count). The van der Waals surface area contributed by atoms with E-state index in [-0.39, 0.29) is 11.7 Å². The van der Waals surface area contributed by atoms with Crippen molar-refractivity contribution >= 4 is 23.2 Å². The van der Waals surface area contributed by atoms with E-state index in [0.29, 0.717) is 23.0 Å². The number of hydrogen-bond acceptors (Lipinski definition) is 2. The van der Waals surface area contributed by atoms with Gasteiger partial charge in [-0.15, -0.1) is 11.6 Å². The molecule has 0 saturated carbocycles. The maximum Gasteiger partial charge on any atom is 0.142 e. The molecule has 0 aliphatic carbocycles. The molecule has 1 aromatic carbocycles. The van der Waals surface area contributed by atoms with Crippen LogP contribution < -0.4 is 0 Å². The van der Waals surface area contributed by atoms with Crippen LogP contribution >= 0.6 is 23.2 Å². The molecule has 0 fully saturated rings. The number of benzene rings is 1. The number of aromatic nitrogens is 3. The van der Waals surface area contributed by atoms with Gasteiger partial charge in [0.1, 0.15) is 18.0 Å². The van der Waals surface area contributed by atoms with Gasteiger partial charge in [0.2, 0.25) is 0 Å². The van der Waals surface area contributed by atoms with Crippen molar-refractivity contribution in [2.24, 2.45) is 0 Å². The van der Waals surface area contributed by atoms with Crippen LogP contribution in [0.15, 0.2) is 24.5 Å². The summed E-state index contributed by atoms with van der Waals surface area (Å²) in [5.41, 5.74) is 0.651. The second-order valence-corrected chi connectivity index (χ2v) is 3.88. The predicted molar refractivity (Wildman–Crippen MR) is 60.1 cm³/mol. The molecule has 2 aromatic rings. The minimum absolute atomic E-state index is 0.257. The first-order chi connectivity index (χ1) is 7.70. The van der Waals surface area contributed by atoms with Crippen LogP contribution in [0.1, 0.15) is 11.4 Å². The first kappa shape index (κ1) is 11.4. The van der Waals surface area contributed by atoms with E-state index in [1.807, 2.05) is 0 Å². The third-order valence-corrected chi connectivity index (χ3v) is 2.75. The minimum atomic E-state index is -0.327. The molecule has 0 amide bonds. The van der Waals surface area contributed by atoms with Crippen LogP contribution in [0.2, 0.25) is 5.02 Å². The predicted octanol–water partition coefficient (Wildman–Crippen LogP) is 2.86. The molecular formula is C10H8Cl2FN3. The lowest BCUT2D eigenvalue weighted by Gasteiger charge is -2.06. The molecule has 84 valence electrons. The molecule has 1 aromatic heterocycles. The van der Waals surface area contributed by atoms with Crippen LogP contribution in [0.5, 0.6) is 0 Å². The van der Waals surface area contributed by atoms with Crippen LogP contribution in [0, 0.1) is 5.82 Å². The molecule has 16 heavy (non-hydrogen) atoms. The molecule has 3 nitrogen and oxygen atoms in total. The maximum atomic E-state index is 13.0. The van der Waals surface area contributed by atoms with Gasteiger partial charge in [0.05, 0.1) is 12.4 Å². The fourth-order valence-electron chi connectivity index (χ4n) is 1.35. The standard InChI is InChI=1S/C10H8Cl2FN3/c11-4-10-14-6-15-16(10)5-7-3-8(13)1-2-9(7)12/h1-3,6H,4-5H2. The third kappa shape index (κ3) is 2.33. The van der Waals surface area contributed by atoms with E-state index in [4.69, 9.17) is 23.2 Å². The van der Waals surface area contributed by atoms with Crippen LogP contribution in [-0.2, 0) is 12.4 Å². The highest BCUT2D eigenvalue weighted by atomic mass is 35.5. The Kier molecular flexibility index (Phi) is 3.41.